The summed E-state index contributed by atoms with van der Waals surface area (Å²) in [7, 11) is 0. The van der Waals surface area contributed by atoms with Crippen molar-refractivity contribution in [2.24, 2.45) is 5.41 Å². The zero-order valence-electron chi connectivity index (χ0n) is 13.1. The summed E-state index contributed by atoms with van der Waals surface area (Å²) >= 11 is 0. The molecule has 4 nitrogen and oxygen atoms in total. The van der Waals surface area contributed by atoms with E-state index in [9.17, 15) is 10.2 Å². The Morgan fingerprint density at radius 1 is 0.850 bits per heavy atom. The smallest absolute Gasteiger partial charge is 0.232 e. The summed E-state index contributed by atoms with van der Waals surface area (Å²) in [5, 5.41) is 30.5. The van der Waals surface area contributed by atoms with Crippen molar-refractivity contribution in [3.8, 4) is 0 Å². The van der Waals surface area contributed by atoms with E-state index in [1.165, 1.54) is 26.7 Å². The first-order valence-corrected chi connectivity index (χ1v) is 6.35. The molecule has 0 atom stereocenters. The van der Waals surface area contributed by atoms with Crippen LogP contribution in [0.5, 0.6) is 0 Å². The molecule has 0 aliphatic carbocycles. The molecular weight excluding hydrogens is 307 g/mol. The van der Waals surface area contributed by atoms with Crippen LogP contribution in [0.1, 0.15) is 41.5 Å². The van der Waals surface area contributed by atoms with E-state index in [0.29, 0.717) is 13.1 Å². The van der Waals surface area contributed by atoms with Crippen LogP contribution in [-0.4, -0.2) is 13.1 Å². The molecule has 0 saturated heterocycles. The van der Waals surface area contributed by atoms with Crippen LogP contribution >= 0.6 is 0 Å². The number of nitrogens with zero attached hydrogens (tertiary/aromatic N) is 2. The van der Waals surface area contributed by atoms with Gasteiger partial charge in [0.25, 0.3) is 0 Å². The van der Waals surface area contributed by atoms with E-state index in [1.807, 2.05) is 13.8 Å². The van der Waals surface area contributed by atoms with Gasteiger partial charge in [-0.25, -0.2) is 20.8 Å². The van der Waals surface area contributed by atoms with Gasteiger partial charge >= 0.3 is 17.1 Å². The standard InChI is InChI=1S/C15H24N2O2.Cu/c1-11(7-13(3)18)16-9-15(5,6)10-17-12(2)8-14(4)19;/h7-8H,9-10H2,1-6H3;/q;+2/i;1+3. The average Bonchev–Trinajstić information content (AvgIpc) is 2.22. The molecule has 0 aliphatic heterocycles. The summed E-state index contributed by atoms with van der Waals surface area (Å²) in [5.74, 6) is 0. The normalized spacial score (nSPS) is 12.6. The van der Waals surface area contributed by atoms with E-state index < -0.39 is 0 Å². The van der Waals surface area contributed by atoms with Gasteiger partial charge in [-0.2, -0.15) is 0 Å². The second-order valence-electron chi connectivity index (χ2n) is 5.59. The molecule has 11 radical (unpaired) electrons. The van der Waals surface area contributed by atoms with Crippen molar-refractivity contribution in [2.75, 3.05) is 13.1 Å². The van der Waals surface area contributed by atoms with Crippen molar-refractivity contribution in [2.45, 2.75) is 41.5 Å². The quantitative estimate of drug-likeness (QED) is 0.553. The van der Waals surface area contributed by atoms with Crippen molar-refractivity contribution in [1.29, 1.82) is 0 Å². The van der Waals surface area contributed by atoms with E-state index in [2.05, 4.69) is 24.5 Å². The molecule has 0 bridgehead atoms. The van der Waals surface area contributed by atoms with Crippen molar-refractivity contribution in [3.05, 3.63) is 37.1 Å². The molecule has 0 aromatic heterocycles. The third kappa shape index (κ3) is 13.3. The van der Waals surface area contributed by atoms with Crippen LogP contribution < -0.4 is 10.6 Å². The summed E-state index contributed by atoms with van der Waals surface area (Å²) in [6, 6.07) is 1.47. The fourth-order valence-corrected chi connectivity index (χ4v) is 1.41. The fourth-order valence-electron chi connectivity index (χ4n) is 1.41. The molecule has 0 unspecified atom stereocenters. The zero-order valence-corrected chi connectivity index (χ0v) is 14.0. The second-order valence-corrected chi connectivity index (χ2v) is 5.59. The Balaban J connectivity index is 0. The molecule has 0 rings (SSSR count). The number of hydrogen-bond donors (Lipinski definition) is 0. The summed E-state index contributed by atoms with van der Waals surface area (Å²) in [6.45, 7) is 12.0. The molecule has 20 heavy (non-hydrogen) atoms. The topological polar surface area (TPSA) is 68.0 Å². The number of rotatable bonds is 10. The minimum Gasteiger partial charge on any atom is -0.232 e. The molecule has 0 aromatic carbocycles. The monoisotopic (exact) mass is 331 g/mol. The Labute approximate surface area is 135 Å². The first-order valence-electron chi connectivity index (χ1n) is 6.35. The molecule has 0 amide bonds. The van der Waals surface area contributed by atoms with Gasteiger partial charge in [0.1, 0.15) is 12.2 Å². The molecule has 0 saturated carbocycles. The minimum atomic E-state index is -0.0994. The van der Waals surface area contributed by atoms with E-state index in [0.717, 1.165) is 12.1 Å². The van der Waals surface area contributed by atoms with Gasteiger partial charge in [-0.05, 0) is 33.1 Å². The average molecular weight is 331 g/mol. The molecule has 0 aliphatic rings. The zero-order chi connectivity index (χ0) is 15.1. The van der Waals surface area contributed by atoms with Gasteiger partial charge in [0.2, 0.25) is 0 Å². The molecule has 0 spiro atoms. The third-order valence-corrected chi connectivity index (χ3v) is 2.34. The Kier molecular flexibility index (Phi) is 12.4. The molecule has 0 fully saturated rings. The van der Waals surface area contributed by atoms with Crippen molar-refractivity contribution >= 4 is 0 Å². The largest absolute Gasteiger partial charge is 2.00 e. The van der Waals surface area contributed by atoms with Gasteiger partial charge in [0, 0.05) is 25.9 Å². The molecule has 115 valence electrons. The van der Waals surface area contributed by atoms with Crippen LogP contribution in [0.25, 0.3) is 0 Å². The molecule has 0 heterocycles. The van der Waals surface area contributed by atoms with Crippen molar-refractivity contribution in [3.63, 3.8) is 0 Å². The van der Waals surface area contributed by atoms with Crippen molar-refractivity contribution in [1.82, 2.24) is 10.6 Å². The van der Waals surface area contributed by atoms with Crippen LogP contribution in [0.15, 0.2) is 0 Å². The van der Waals surface area contributed by atoms with Gasteiger partial charge < -0.3 is 0 Å². The molecular formula is C15H24CuN2O2+2. The van der Waals surface area contributed by atoms with E-state index >= 15 is 0 Å². The fraction of sp³-hybridized carbons (Fsp3) is 0.600. The predicted octanol–water partition coefficient (Wildman–Crippen LogP) is 2.70. The van der Waals surface area contributed by atoms with E-state index in [1.54, 1.807) is 0 Å². The summed E-state index contributed by atoms with van der Waals surface area (Å²) < 4.78 is 0. The van der Waals surface area contributed by atoms with Crippen LogP contribution in [0.2, 0.25) is 0 Å². The van der Waals surface area contributed by atoms with Crippen molar-refractivity contribution < 1.29 is 27.3 Å². The van der Waals surface area contributed by atoms with Gasteiger partial charge in [-0.1, -0.05) is 13.8 Å². The Bertz CT molecular complexity index is 214. The predicted molar refractivity (Wildman–Crippen MR) is 73.4 cm³/mol. The van der Waals surface area contributed by atoms with E-state index in [4.69, 9.17) is 0 Å². The van der Waals surface area contributed by atoms with Crippen LogP contribution in [0, 0.1) is 42.5 Å². The first kappa shape index (κ1) is 22.6. The van der Waals surface area contributed by atoms with Gasteiger partial charge in [0.05, 0.1) is 12.1 Å². The Morgan fingerprint density at radius 3 is 1.40 bits per heavy atom. The summed E-state index contributed by atoms with van der Waals surface area (Å²) in [5.41, 5.74) is -0.0994. The van der Waals surface area contributed by atoms with Crippen LogP contribution in [0.3, 0.4) is 0 Å². The van der Waals surface area contributed by atoms with Gasteiger partial charge in [0.15, 0.2) is 0 Å². The number of hydrogen-bond acceptors (Lipinski definition) is 0. The third-order valence-electron chi connectivity index (χ3n) is 2.34. The molecule has 5 heteroatoms. The maximum Gasteiger partial charge on any atom is 2.00 e. The maximum absolute atomic E-state index is 10.9. The SMILES string of the molecule is C[C]([O])[CH][C](C)[N]CC(C)(C)C[N][C](C)[CH][C](C)[O].[67Cu+2]. The van der Waals surface area contributed by atoms with Crippen LogP contribution in [-0.2, 0) is 27.3 Å². The van der Waals surface area contributed by atoms with E-state index in [-0.39, 0.29) is 34.7 Å². The second kappa shape index (κ2) is 11.0. The summed E-state index contributed by atoms with van der Waals surface area (Å²) in [4.78, 5) is 0. The van der Waals surface area contributed by atoms with Gasteiger partial charge in [-0.3, -0.25) is 0 Å². The Hall–Kier alpha value is 0.359. The van der Waals surface area contributed by atoms with Gasteiger partial charge in [-0.15, -0.1) is 0 Å². The molecule has 0 aromatic rings. The summed E-state index contributed by atoms with van der Waals surface area (Å²) in [6.07, 6.45) is 3.05. The Morgan fingerprint density at radius 2 is 1.15 bits per heavy atom. The minimum absolute atomic E-state index is 0. The first-order chi connectivity index (χ1) is 8.62. The van der Waals surface area contributed by atoms with Crippen LogP contribution in [0.4, 0.5) is 0 Å². The molecule has 0 N–H and O–H groups in total. The maximum atomic E-state index is 10.9.